The molecule has 5 nitrogen and oxygen atoms in total. The van der Waals surface area contributed by atoms with Crippen LogP contribution in [0.3, 0.4) is 0 Å². The van der Waals surface area contributed by atoms with E-state index in [-0.39, 0.29) is 0 Å². The molecule has 1 aromatic heterocycles. The molecule has 8 heteroatoms. The Hall–Kier alpha value is -1.51. The molecule has 2 aromatic carbocycles. The van der Waals surface area contributed by atoms with E-state index in [1.54, 1.807) is 6.07 Å². The van der Waals surface area contributed by atoms with Crippen molar-refractivity contribution in [2.24, 2.45) is 0 Å². The highest BCUT2D eigenvalue weighted by Crippen LogP contribution is 2.39. The number of phenolic OH excluding ortho intramolecular Hbond substituents is 3. The molecular formula is C15H9Br3N2O3. The molecule has 0 saturated heterocycles. The number of rotatable bonds is 2. The van der Waals surface area contributed by atoms with Gasteiger partial charge in [0.25, 0.3) is 0 Å². The van der Waals surface area contributed by atoms with Gasteiger partial charge in [0.2, 0.25) is 0 Å². The van der Waals surface area contributed by atoms with Crippen LogP contribution in [0.1, 0.15) is 0 Å². The van der Waals surface area contributed by atoms with Gasteiger partial charge in [0, 0.05) is 20.1 Å². The van der Waals surface area contributed by atoms with Crippen LogP contribution < -0.4 is 0 Å². The molecule has 0 fully saturated rings. The van der Waals surface area contributed by atoms with Crippen molar-refractivity contribution in [1.29, 1.82) is 0 Å². The first kappa shape index (κ1) is 16.4. The summed E-state index contributed by atoms with van der Waals surface area (Å²) in [6, 6.07) is 10.3. The standard InChI is InChI=1S/C15H9Br3N2O3/c16-9-1-8(2-10(17)5-9)12-6-11(19-20(12)18)7-3-13(21)15(23)14(22)4-7/h1-6,21-23H. The molecule has 0 saturated carbocycles. The third-order valence-corrected chi connectivity index (χ3v) is 4.65. The van der Waals surface area contributed by atoms with Crippen LogP contribution in [0.25, 0.3) is 22.5 Å². The quantitative estimate of drug-likeness (QED) is 0.428. The van der Waals surface area contributed by atoms with Crippen molar-refractivity contribution in [3.63, 3.8) is 0 Å². The van der Waals surface area contributed by atoms with E-state index in [1.807, 2.05) is 18.2 Å². The maximum Gasteiger partial charge on any atom is 0.200 e. The first-order valence-corrected chi connectivity index (χ1v) is 8.62. The molecular weight excluding hydrogens is 496 g/mol. The predicted molar refractivity (Wildman–Crippen MR) is 97.8 cm³/mol. The minimum Gasteiger partial charge on any atom is -0.504 e. The lowest BCUT2D eigenvalue weighted by Gasteiger charge is -2.03. The van der Waals surface area contributed by atoms with Gasteiger partial charge < -0.3 is 15.3 Å². The van der Waals surface area contributed by atoms with Gasteiger partial charge in [-0.05, 0) is 36.4 Å². The van der Waals surface area contributed by atoms with E-state index in [4.69, 9.17) is 0 Å². The number of hydrogen-bond acceptors (Lipinski definition) is 4. The second kappa shape index (κ2) is 6.18. The lowest BCUT2D eigenvalue weighted by Crippen LogP contribution is -1.87. The average Bonchev–Trinajstić information content (AvgIpc) is 2.85. The lowest BCUT2D eigenvalue weighted by atomic mass is 10.1. The number of halogens is 3. The van der Waals surface area contributed by atoms with Crippen molar-refractivity contribution in [2.45, 2.75) is 0 Å². The van der Waals surface area contributed by atoms with Crippen LogP contribution in [0.2, 0.25) is 0 Å². The minimum atomic E-state index is -0.553. The van der Waals surface area contributed by atoms with Gasteiger partial charge in [-0.2, -0.15) is 8.81 Å². The van der Waals surface area contributed by atoms with Crippen LogP contribution in [0.15, 0.2) is 45.3 Å². The number of nitrogens with zero attached hydrogens (tertiary/aromatic N) is 2. The molecule has 0 unspecified atom stereocenters. The number of benzene rings is 2. The fourth-order valence-corrected chi connectivity index (χ4v) is 3.92. The van der Waals surface area contributed by atoms with Crippen molar-refractivity contribution >= 4 is 48.0 Å². The van der Waals surface area contributed by atoms with E-state index < -0.39 is 17.2 Å². The maximum absolute atomic E-state index is 9.64. The summed E-state index contributed by atoms with van der Waals surface area (Å²) in [5.41, 5.74) is 2.70. The van der Waals surface area contributed by atoms with Gasteiger partial charge in [0.1, 0.15) is 0 Å². The number of aromatic hydroxyl groups is 3. The van der Waals surface area contributed by atoms with Crippen molar-refractivity contribution in [1.82, 2.24) is 8.81 Å². The number of aromatic nitrogens is 2. The molecule has 3 aromatic rings. The minimum absolute atomic E-state index is 0.407. The van der Waals surface area contributed by atoms with Gasteiger partial charge in [-0.15, -0.1) is 0 Å². The smallest absolute Gasteiger partial charge is 0.200 e. The van der Waals surface area contributed by atoms with E-state index in [0.717, 1.165) is 20.2 Å². The van der Waals surface area contributed by atoms with Crippen LogP contribution in [0.5, 0.6) is 17.2 Å². The molecule has 0 aliphatic rings. The zero-order chi connectivity index (χ0) is 16.7. The summed E-state index contributed by atoms with van der Waals surface area (Å²) in [5, 5.41) is 33.0. The molecule has 23 heavy (non-hydrogen) atoms. The summed E-state index contributed by atoms with van der Waals surface area (Å²) in [6.07, 6.45) is 0. The largest absolute Gasteiger partial charge is 0.504 e. The van der Waals surface area contributed by atoms with Gasteiger partial charge in [0.15, 0.2) is 17.2 Å². The van der Waals surface area contributed by atoms with Gasteiger partial charge >= 0.3 is 0 Å². The molecule has 1 heterocycles. The van der Waals surface area contributed by atoms with Crippen LogP contribution in [0.4, 0.5) is 0 Å². The summed E-state index contributed by atoms with van der Waals surface area (Å²) in [4.78, 5) is 0. The van der Waals surface area contributed by atoms with Crippen LogP contribution in [-0.2, 0) is 0 Å². The highest BCUT2D eigenvalue weighted by molar-refractivity contribution is 9.11. The van der Waals surface area contributed by atoms with Crippen LogP contribution in [0, 0.1) is 0 Å². The third kappa shape index (κ3) is 3.24. The zero-order valence-electron chi connectivity index (χ0n) is 11.3. The van der Waals surface area contributed by atoms with Gasteiger partial charge in [-0.3, -0.25) is 0 Å². The van der Waals surface area contributed by atoms with E-state index in [9.17, 15) is 15.3 Å². The van der Waals surface area contributed by atoms with Crippen LogP contribution >= 0.6 is 48.0 Å². The topological polar surface area (TPSA) is 78.5 Å². The Bertz CT molecular complexity index is 866. The first-order chi connectivity index (χ1) is 10.8. The number of phenols is 3. The molecule has 0 aliphatic carbocycles. The Kier molecular flexibility index (Phi) is 4.39. The molecule has 0 spiro atoms. The van der Waals surface area contributed by atoms with Crippen molar-refractivity contribution in [2.75, 3.05) is 0 Å². The molecule has 0 radical (unpaired) electrons. The van der Waals surface area contributed by atoms with E-state index >= 15 is 0 Å². The maximum atomic E-state index is 9.64. The highest BCUT2D eigenvalue weighted by Gasteiger charge is 2.15. The molecule has 0 bridgehead atoms. The highest BCUT2D eigenvalue weighted by atomic mass is 79.9. The van der Waals surface area contributed by atoms with Crippen LogP contribution in [-0.4, -0.2) is 24.1 Å². The summed E-state index contributed by atoms with van der Waals surface area (Å²) >= 11 is 10.2. The molecule has 3 rings (SSSR count). The van der Waals surface area contributed by atoms with Crippen molar-refractivity contribution in [3.05, 3.63) is 45.3 Å². The summed E-state index contributed by atoms with van der Waals surface area (Å²) in [6.45, 7) is 0. The van der Waals surface area contributed by atoms with Gasteiger partial charge in [0.05, 0.1) is 27.5 Å². The fourth-order valence-electron chi connectivity index (χ4n) is 2.14. The van der Waals surface area contributed by atoms with Crippen molar-refractivity contribution in [3.8, 4) is 39.8 Å². The summed E-state index contributed by atoms with van der Waals surface area (Å²) < 4.78 is 3.35. The Morgan fingerprint density at radius 1 is 0.783 bits per heavy atom. The predicted octanol–water partition coefficient (Wildman–Crippen LogP) is 5.02. The Morgan fingerprint density at radius 3 is 1.91 bits per heavy atom. The normalized spacial score (nSPS) is 10.9. The first-order valence-electron chi connectivity index (χ1n) is 6.33. The third-order valence-electron chi connectivity index (χ3n) is 3.19. The monoisotopic (exact) mass is 502 g/mol. The SMILES string of the molecule is Oc1cc(-c2cc(-c3cc(Br)cc(Br)c3)n(Br)n2)cc(O)c1O. The second-order valence-electron chi connectivity index (χ2n) is 4.80. The molecule has 0 amide bonds. The zero-order valence-corrected chi connectivity index (χ0v) is 16.1. The summed E-state index contributed by atoms with van der Waals surface area (Å²) in [7, 11) is 0. The summed E-state index contributed by atoms with van der Waals surface area (Å²) in [5.74, 6) is -1.37. The Labute approximate surface area is 156 Å². The average molecular weight is 505 g/mol. The fraction of sp³-hybridized carbons (Fsp3) is 0. The number of hydrogen-bond donors (Lipinski definition) is 3. The van der Waals surface area contributed by atoms with E-state index in [0.29, 0.717) is 11.3 Å². The van der Waals surface area contributed by atoms with E-state index in [1.165, 1.54) is 15.8 Å². The molecule has 0 atom stereocenters. The lowest BCUT2D eigenvalue weighted by molar-refractivity contribution is 0.368. The Morgan fingerprint density at radius 2 is 1.35 bits per heavy atom. The van der Waals surface area contributed by atoms with Gasteiger partial charge in [-0.25, -0.2) is 0 Å². The van der Waals surface area contributed by atoms with E-state index in [2.05, 4.69) is 53.1 Å². The second-order valence-corrected chi connectivity index (χ2v) is 7.30. The molecule has 118 valence electrons. The van der Waals surface area contributed by atoms with Gasteiger partial charge in [-0.1, -0.05) is 31.9 Å². The Balaban J connectivity index is 2.11. The van der Waals surface area contributed by atoms with Crippen molar-refractivity contribution < 1.29 is 15.3 Å². The molecule has 0 aliphatic heterocycles. The molecule has 3 N–H and O–H groups in total.